The molecular formula is C21H19BrN4O2. The molecule has 2 heterocycles. The van der Waals surface area contributed by atoms with Crippen molar-refractivity contribution < 1.29 is 9.53 Å². The zero-order valence-electron chi connectivity index (χ0n) is 15.3. The smallest absolute Gasteiger partial charge is 0.338 e. The molecule has 3 aromatic rings. The van der Waals surface area contributed by atoms with Crippen molar-refractivity contribution in [3.8, 4) is 0 Å². The molecule has 1 N–H and O–H groups in total. The van der Waals surface area contributed by atoms with Crippen molar-refractivity contribution in [3.63, 3.8) is 0 Å². The number of allylic oxidation sites excluding steroid dienone is 1. The van der Waals surface area contributed by atoms with Crippen LogP contribution in [-0.2, 0) is 16.0 Å². The second kappa shape index (κ2) is 7.98. The number of esters is 1. The first kappa shape index (κ1) is 18.4. The first-order valence-electron chi connectivity index (χ1n) is 8.97. The van der Waals surface area contributed by atoms with Crippen LogP contribution in [0.15, 0.2) is 76.7 Å². The lowest BCUT2D eigenvalue weighted by Gasteiger charge is -2.28. The highest BCUT2D eigenvalue weighted by atomic mass is 79.9. The normalized spacial score (nSPS) is 15.7. The van der Waals surface area contributed by atoms with Crippen LogP contribution in [0.3, 0.4) is 0 Å². The molecule has 142 valence electrons. The molecule has 1 aliphatic rings. The summed E-state index contributed by atoms with van der Waals surface area (Å²) in [6.45, 7) is 2.17. The maximum Gasteiger partial charge on any atom is 0.338 e. The number of fused-ring (bicyclic) bond motifs is 1. The van der Waals surface area contributed by atoms with Crippen molar-refractivity contribution in [1.82, 2.24) is 14.8 Å². The third-order valence-electron chi connectivity index (χ3n) is 4.65. The fourth-order valence-corrected chi connectivity index (χ4v) is 3.74. The van der Waals surface area contributed by atoms with Gasteiger partial charge in [0.2, 0.25) is 5.95 Å². The lowest BCUT2D eigenvalue weighted by atomic mass is 9.96. The predicted molar refractivity (Wildman–Crippen MR) is 110 cm³/mol. The van der Waals surface area contributed by atoms with Gasteiger partial charge in [0.15, 0.2) is 0 Å². The average Bonchev–Trinajstić information content (AvgIpc) is 3.15. The first-order valence-corrected chi connectivity index (χ1v) is 9.76. The van der Waals surface area contributed by atoms with Crippen LogP contribution in [0.5, 0.6) is 0 Å². The highest BCUT2D eigenvalue weighted by Crippen LogP contribution is 2.35. The van der Waals surface area contributed by atoms with E-state index in [4.69, 9.17) is 4.74 Å². The Hall–Kier alpha value is -2.93. The lowest BCUT2D eigenvalue weighted by molar-refractivity contribution is -0.139. The summed E-state index contributed by atoms with van der Waals surface area (Å²) in [6, 6.07) is 17.4. The van der Waals surface area contributed by atoms with Gasteiger partial charge in [-0.3, -0.25) is 0 Å². The summed E-state index contributed by atoms with van der Waals surface area (Å²) in [5.41, 5.74) is 3.31. The van der Waals surface area contributed by atoms with Crippen LogP contribution in [-0.4, -0.2) is 27.3 Å². The van der Waals surface area contributed by atoms with Gasteiger partial charge in [0.05, 0.1) is 12.2 Å². The van der Waals surface area contributed by atoms with Crippen LogP contribution in [0.1, 0.15) is 24.1 Å². The van der Waals surface area contributed by atoms with E-state index in [1.165, 1.54) is 6.33 Å². The van der Waals surface area contributed by atoms with E-state index in [1.807, 2.05) is 61.5 Å². The number of carbonyl (C=O) groups is 1. The Balaban J connectivity index is 1.60. The quantitative estimate of drug-likeness (QED) is 0.606. The molecule has 1 aromatic heterocycles. The first-order chi connectivity index (χ1) is 13.6. The molecule has 1 aliphatic heterocycles. The Morgan fingerprint density at radius 3 is 2.82 bits per heavy atom. The minimum atomic E-state index is -0.402. The van der Waals surface area contributed by atoms with E-state index in [9.17, 15) is 4.79 Å². The number of anilines is 1. The highest BCUT2D eigenvalue weighted by molar-refractivity contribution is 9.10. The summed E-state index contributed by atoms with van der Waals surface area (Å²) in [6.07, 6.45) is 2.15. The number of carbonyl (C=O) groups excluding carboxylic acids is 1. The van der Waals surface area contributed by atoms with Gasteiger partial charge in [-0.2, -0.15) is 10.1 Å². The summed E-state index contributed by atoms with van der Waals surface area (Å²) in [4.78, 5) is 17.2. The molecule has 1 atom stereocenters. The Morgan fingerprint density at radius 2 is 2.04 bits per heavy atom. The molecule has 28 heavy (non-hydrogen) atoms. The molecule has 0 bridgehead atoms. The van der Waals surface area contributed by atoms with Crippen LogP contribution < -0.4 is 5.32 Å². The van der Waals surface area contributed by atoms with Gasteiger partial charge in [-0.25, -0.2) is 9.48 Å². The summed E-state index contributed by atoms with van der Waals surface area (Å²) >= 11 is 3.51. The Labute approximate surface area is 171 Å². The van der Waals surface area contributed by atoms with Gasteiger partial charge in [-0.05, 0) is 30.2 Å². The van der Waals surface area contributed by atoms with E-state index in [0.29, 0.717) is 24.5 Å². The number of rotatable bonds is 5. The van der Waals surface area contributed by atoms with Crippen molar-refractivity contribution in [3.05, 3.63) is 87.8 Å². The van der Waals surface area contributed by atoms with Gasteiger partial charge < -0.3 is 10.1 Å². The minimum absolute atomic E-state index is 0.315. The average molecular weight is 439 g/mol. The van der Waals surface area contributed by atoms with Gasteiger partial charge in [0, 0.05) is 16.6 Å². The number of benzene rings is 2. The Bertz CT molecular complexity index is 1030. The molecule has 0 fully saturated rings. The second-order valence-corrected chi connectivity index (χ2v) is 7.44. The van der Waals surface area contributed by atoms with Crippen LogP contribution in [0.4, 0.5) is 5.95 Å². The molecule has 4 rings (SSSR count). The van der Waals surface area contributed by atoms with E-state index in [2.05, 4.69) is 31.3 Å². The zero-order chi connectivity index (χ0) is 19.5. The van der Waals surface area contributed by atoms with Crippen LogP contribution >= 0.6 is 15.9 Å². The summed E-state index contributed by atoms with van der Waals surface area (Å²) in [7, 11) is 0. The van der Waals surface area contributed by atoms with Crippen molar-refractivity contribution in [2.45, 2.75) is 19.4 Å². The van der Waals surface area contributed by atoms with E-state index in [0.717, 1.165) is 21.3 Å². The van der Waals surface area contributed by atoms with Crippen LogP contribution in [0.2, 0.25) is 0 Å². The molecule has 0 unspecified atom stereocenters. The molecule has 0 spiro atoms. The van der Waals surface area contributed by atoms with Crippen molar-refractivity contribution >= 4 is 27.8 Å². The molecule has 0 amide bonds. The third kappa shape index (κ3) is 3.71. The largest absolute Gasteiger partial charge is 0.462 e. The number of hydrogen-bond acceptors (Lipinski definition) is 5. The van der Waals surface area contributed by atoms with Gasteiger partial charge in [-0.15, -0.1) is 0 Å². The van der Waals surface area contributed by atoms with E-state index in [-0.39, 0.29) is 5.97 Å². The number of ether oxygens (including phenoxy) is 1. The Kier molecular flexibility index (Phi) is 5.25. The molecule has 7 heteroatoms. The standard InChI is InChI=1S/C21H19BrN4O2/c1-14-18(20(27)28-11-10-15-6-3-2-4-7-15)19(16-8-5-9-17(22)12-16)26-21(25-14)23-13-24-26/h2-9,12-13,19H,10-11H2,1H3,(H,23,24,25)/t19-/m0/s1. The van der Waals surface area contributed by atoms with Gasteiger partial charge in [0.25, 0.3) is 0 Å². The molecular weight excluding hydrogens is 420 g/mol. The molecule has 0 radical (unpaired) electrons. The fourth-order valence-electron chi connectivity index (χ4n) is 3.32. The number of halogens is 1. The van der Waals surface area contributed by atoms with Gasteiger partial charge >= 0.3 is 5.97 Å². The Morgan fingerprint density at radius 1 is 1.21 bits per heavy atom. The SMILES string of the molecule is CC1=C(C(=O)OCCc2ccccc2)[C@H](c2cccc(Br)c2)n2ncnc2N1. The maximum absolute atomic E-state index is 13.0. The number of aromatic nitrogens is 3. The van der Waals surface area contributed by atoms with Crippen molar-refractivity contribution in [2.75, 3.05) is 11.9 Å². The van der Waals surface area contributed by atoms with Gasteiger partial charge in [-0.1, -0.05) is 58.4 Å². The topological polar surface area (TPSA) is 69.0 Å². The van der Waals surface area contributed by atoms with Crippen molar-refractivity contribution in [1.29, 1.82) is 0 Å². The summed E-state index contributed by atoms with van der Waals surface area (Å²) in [5, 5.41) is 7.47. The number of nitrogens with zero attached hydrogens (tertiary/aromatic N) is 3. The number of nitrogens with one attached hydrogen (secondary N) is 1. The van der Waals surface area contributed by atoms with Crippen LogP contribution in [0, 0.1) is 0 Å². The third-order valence-corrected chi connectivity index (χ3v) is 5.14. The van der Waals surface area contributed by atoms with Crippen LogP contribution in [0.25, 0.3) is 0 Å². The molecule has 0 aliphatic carbocycles. The molecule has 6 nitrogen and oxygen atoms in total. The highest BCUT2D eigenvalue weighted by Gasteiger charge is 2.34. The van der Waals surface area contributed by atoms with E-state index in [1.54, 1.807) is 4.68 Å². The molecule has 0 saturated heterocycles. The van der Waals surface area contributed by atoms with E-state index < -0.39 is 6.04 Å². The van der Waals surface area contributed by atoms with Crippen molar-refractivity contribution in [2.24, 2.45) is 0 Å². The molecule has 0 saturated carbocycles. The second-order valence-electron chi connectivity index (χ2n) is 6.52. The molecule has 2 aromatic carbocycles. The summed E-state index contributed by atoms with van der Waals surface area (Å²) < 4.78 is 8.26. The van der Waals surface area contributed by atoms with Gasteiger partial charge in [0.1, 0.15) is 12.4 Å². The fraction of sp³-hybridized carbons (Fsp3) is 0.190. The number of hydrogen-bond donors (Lipinski definition) is 1. The monoisotopic (exact) mass is 438 g/mol. The zero-order valence-corrected chi connectivity index (χ0v) is 16.9. The van der Waals surface area contributed by atoms with E-state index >= 15 is 0 Å². The lowest BCUT2D eigenvalue weighted by Crippen LogP contribution is -2.30. The predicted octanol–water partition coefficient (Wildman–Crippen LogP) is 4.12. The minimum Gasteiger partial charge on any atom is -0.462 e. The summed E-state index contributed by atoms with van der Waals surface area (Å²) in [5.74, 6) is 0.246. The maximum atomic E-state index is 13.0.